The van der Waals surface area contributed by atoms with E-state index in [4.69, 9.17) is 10.5 Å². The van der Waals surface area contributed by atoms with Crippen molar-refractivity contribution >= 4 is 15.8 Å². The molecule has 3 atom stereocenters. The lowest BCUT2D eigenvalue weighted by Crippen LogP contribution is -2.41. The summed E-state index contributed by atoms with van der Waals surface area (Å²) in [7, 11) is -3.42. The van der Waals surface area contributed by atoms with E-state index in [1.165, 1.54) is 0 Å². The first-order chi connectivity index (χ1) is 8.83. The van der Waals surface area contributed by atoms with E-state index >= 15 is 0 Å². The topological polar surface area (TPSA) is 86.5 Å². The molecule has 1 aromatic carbocycles. The van der Waals surface area contributed by atoms with E-state index in [-0.39, 0.29) is 6.61 Å². The van der Waals surface area contributed by atoms with Gasteiger partial charge in [0, 0.05) is 12.2 Å². The minimum atomic E-state index is -3.42. The Morgan fingerprint density at radius 2 is 1.95 bits per heavy atom. The molecule has 5 nitrogen and oxygen atoms in total. The van der Waals surface area contributed by atoms with Gasteiger partial charge >= 0.3 is 5.97 Å². The molecule has 1 aliphatic rings. The first-order valence-electron chi connectivity index (χ1n) is 6.03. The molecule has 0 aliphatic heterocycles. The van der Waals surface area contributed by atoms with Gasteiger partial charge in [-0.25, -0.2) is 13.2 Å². The van der Waals surface area contributed by atoms with Crippen LogP contribution in [0.2, 0.25) is 0 Å². The summed E-state index contributed by atoms with van der Waals surface area (Å²) in [5, 5.41) is -0.915. The van der Waals surface area contributed by atoms with Gasteiger partial charge in [-0.05, 0) is 12.5 Å². The number of carbonyl (C=O) groups excluding carboxylic acids is 1. The Labute approximate surface area is 112 Å². The average Bonchev–Trinajstić information content (AvgIpc) is 2.99. The predicted molar refractivity (Wildman–Crippen MR) is 71.4 cm³/mol. The molecule has 1 aromatic rings. The molecule has 104 valence electrons. The zero-order valence-corrected chi connectivity index (χ0v) is 11.7. The van der Waals surface area contributed by atoms with Crippen molar-refractivity contribution in [3.05, 3.63) is 35.9 Å². The zero-order chi connectivity index (χ0) is 14.3. The highest BCUT2D eigenvalue weighted by molar-refractivity contribution is 7.91. The number of sulfone groups is 1. The molecule has 0 amide bonds. The van der Waals surface area contributed by atoms with Crippen molar-refractivity contribution in [3.63, 3.8) is 0 Å². The summed E-state index contributed by atoms with van der Waals surface area (Å²) >= 11 is 0. The molecular formula is C13H17NO4S. The molecule has 6 heteroatoms. The Morgan fingerprint density at radius 1 is 1.37 bits per heavy atom. The number of ether oxygens (including phenoxy) is 1. The third-order valence-electron chi connectivity index (χ3n) is 3.43. The number of carbonyl (C=O) groups is 1. The van der Waals surface area contributed by atoms with Crippen LogP contribution in [0, 0.1) is 0 Å². The molecule has 19 heavy (non-hydrogen) atoms. The van der Waals surface area contributed by atoms with Gasteiger partial charge in [-0.1, -0.05) is 30.3 Å². The number of nitrogens with two attached hydrogens (primary N) is 1. The molecule has 0 bridgehead atoms. The van der Waals surface area contributed by atoms with E-state index in [1.54, 1.807) is 31.2 Å². The van der Waals surface area contributed by atoms with Gasteiger partial charge in [0.15, 0.2) is 9.84 Å². The first kappa shape index (κ1) is 14.0. The molecule has 1 fully saturated rings. The lowest BCUT2D eigenvalue weighted by Gasteiger charge is -2.10. The van der Waals surface area contributed by atoms with E-state index in [9.17, 15) is 13.2 Å². The second kappa shape index (κ2) is 4.61. The molecule has 0 heterocycles. The van der Waals surface area contributed by atoms with Crippen molar-refractivity contribution < 1.29 is 17.9 Å². The van der Waals surface area contributed by atoms with Gasteiger partial charge in [0.05, 0.1) is 11.9 Å². The van der Waals surface area contributed by atoms with Crippen molar-refractivity contribution in [2.45, 2.75) is 23.6 Å². The van der Waals surface area contributed by atoms with Gasteiger partial charge < -0.3 is 10.5 Å². The first-order valence-corrected chi connectivity index (χ1v) is 7.98. The fraction of sp³-hybridized carbons (Fsp3) is 0.462. The Kier molecular flexibility index (Phi) is 3.40. The van der Waals surface area contributed by atoms with E-state index in [2.05, 4.69) is 0 Å². The van der Waals surface area contributed by atoms with Crippen LogP contribution in [0.5, 0.6) is 0 Å². The van der Waals surface area contributed by atoms with Crippen molar-refractivity contribution in [2.24, 2.45) is 5.73 Å². The number of hydrogen-bond acceptors (Lipinski definition) is 5. The van der Waals surface area contributed by atoms with Gasteiger partial charge in [0.25, 0.3) is 0 Å². The summed E-state index contributed by atoms with van der Waals surface area (Å²) in [5.41, 5.74) is 5.31. The van der Waals surface area contributed by atoms with Crippen molar-refractivity contribution in [3.8, 4) is 0 Å². The predicted octanol–water partition coefficient (Wildman–Crippen LogP) is 0.458. The molecule has 2 rings (SSSR count). The van der Waals surface area contributed by atoms with Crippen LogP contribution in [0.4, 0.5) is 0 Å². The van der Waals surface area contributed by atoms with E-state index in [0.717, 1.165) is 11.8 Å². The third-order valence-corrected chi connectivity index (χ3v) is 5.01. The molecule has 0 saturated heterocycles. The van der Waals surface area contributed by atoms with Gasteiger partial charge in [-0.2, -0.15) is 0 Å². The maximum atomic E-state index is 12.0. The smallest absolute Gasteiger partial charge is 0.328 e. The average molecular weight is 283 g/mol. The minimum absolute atomic E-state index is 0.176. The quantitative estimate of drug-likeness (QED) is 0.811. The van der Waals surface area contributed by atoms with E-state index in [0.29, 0.717) is 0 Å². The minimum Gasteiger partial charge on any atom is -0.465 e. The Morgan fingerprint density at radius 3 is 2.42 bits per heavy atom. The van der Waals surface area contributed by atoms with Gasteiger partial charge in [-0.15, -0.1) is 0 Å². The number of hydrogen-bond donors (Lipinski definition) is 1. The second-order valence-corrected chi connectivity index (χ2v) is 6.96. The molecule has 1 aliphatic carbocycles. The molecule has 0 radical (unpaired) electrons. The molecule has 0 spiro atoms. The summed E-state index contributed by atoms with van der Waals surface area (Å²) in [6.45, 7) is 1.84. The third kappa shape index (κ3) is 2.26. The van der Waals surface area contributed by atoms with Crippen LogP contribution in [0.3, 0.4) is 0 Å². The second-order valence-electron chi connectivity index (χ2n) is 4.79. The summed E-state index contributed by atoms with van der Waals surface area (Å²) in [6.07, 6.45) is 1.10. The fourth-order valence-electron chi connectivity index (χ4n) is 2.59. The van der Waals surface area contributed by atoms with Gasteiger partial charge in [0.1, 0.15) is 5.54 Å². The zero-order valence-electron chi connectivity index (χ0n) is 10.9. The molecule has 0 aromatic heterocycles. The lowest BCUT2D eigenvalue weighted by atomic mass is 10.1. The monoisotopic (exact) mass is 283 g/mol. The van der Waals surface area contributed by atoms with Crippen LogP contribution in [0.1, 0.15) is 18.4 Å². The Balaban J connectivity index is 2.40. The highest BCUT2D eigenvalue weighted by Gasteiger charge is 2.73. The number of rotatable bonds is 4. The summed E-state index contributed by atoms with van der Waals surface area (Å²) < 4.78 is 28.5. The highest BCUT2D eigenvalue weighted by Crippen LogP contribution is 2.54. The summed E-state index contributed by atoms with van der Waals surface area (Å²) in [6, 6.07) is 8.95. The van der Waals surface area contributed by atoms with E-state index < -0.39 is 32.5 Å². The fourth-order valence-corrected chi connectivity index (χ4v) is 4.34. The molecule has 1 saturated carbocycles. The van der Waals surface area contributed by atoms with Crippen LogP contribution in [0.15, 0.2) is 30.3 Å². The molecule has 0 unspecified atom stereocenters. The Hall–Kier alpha value is -1.40. The van der Waals surface area contributed by atoms with Crippen molar-refractivity contribution in [2.75, 3.05) is 12.9 Å². The Bertz CT molecular complexity index is 584. The summed E-state index contributed by atoms with van der Waals surface area (Å²) in [5.74, 6) is -1.19. The highest BCUT2D eigenvalue weighted by atomic mass is 32.2. The van der Waals surface area contributed by atoms with Crippen LogP contribution in [-0.2, 0) is 19.4 Å². The molecular weight excluding hydrogens is 266 g/mol. The van der Waals surface area contributed by atoms with Gasteiger partial charge in [0.2, 0.25) is 0 Å². The van der Waals surface area contributed by atoms with E-state index in [1.807, 2.05) is 6.07 Å². The van der Waals surface area contributed by atoms with Crippen molar-refractivity contribution in [1.82, 2.24) is 0 Å². The van der Waals surface area contributed by atoms with Crippen LogP contribution < -0.4 is 5.73 Å². The largest absolute Gasteiger partial charge is 0.465 e. The van der Waals surface area contributed by atoms with Crippen LogP contribution in [-0.4, -0.2) is 38.0 Å². The maximum Gasteiger partial charge on any atom is 0.328 e. The number of esters is 1. The number of benzene rings is 1. The van der Waals surface area contributed by atoms with Crippen LogP contribution in [0.25, 0.3) is 0 Å². The maximum absolute atomic E-state index is 12.0. The van der Waals surface area contributed by atoms with Gasteiger partial charge in [-0.3, -0.25) is 0 Å². The summed E-state index contributed by atoms with van der Waals surface area (Å²) in [4.78, 5) is 12.0. The standard InChI is InChI=1S/C13H17NO4S/c1-3-18-12(15)13(14)10(11(13)19(2,16)17)9-7-5-4-6-8-9/h4-8,10-11H,3,14H2,1-2H3/t10-,11+,13+/m1/s1. The normalized spacial score (nSPS) is 29.8. The van der Waals surface area contributed by atoms with Crippen LogP contribution >= 0.6 is 0 Å². The van der Waals surface area contributed by atoms with Crippen molar-refractivity contribution in [1.29, 1.82) is 0 Å². The SMILES string of the molecule is CCOC(=O)[C@]1(N)[C@H](c2ccccc2)[C@@H]1S(C)(=O)=O. The molecule has 2 N–H and O–H groups in total. The lowest BCUT2D eigenvalue weighted by molar-refractivity contribution is -0.145.